The Kier molecular flexibility index (Phi) is 9.12. The Morgan fingerprint density at radius 1 is 1.15 bits per heavy atom. The Labute approximate surface area is 208 Å². The normalized spacial score (nSPS) is 10.9. The van der Waals surface area contributed by atoms with E-state index in [4.69, 9.17) is 9.47 Å². The van der Waals surface area contributed by atoms with Gasteiger partial charge in [-0.2, -0.15) is 0 Å². The van der Waals surface area contributed by atoms with Crippen LogP contribution in [0.1, 0.15) is 47.5 Å². The number of esters is 1. The van der Waals surface area contributed by atoms with Crippen molar-refractivity contribution in [2.75, 3.05) is 24.8 Å². The Morgan fingerprint density at radius 3 is 2.53 bits per heavy atom. The summed E-state index contributed by atoms with van der Waals surface area (Å²) in [4.78, 5) is 25.7. The summed E-state index contributed by atoms with van der Waals surface area (Å²) in [5.41, 5.74) is 2.15. The van der Waals surface area contributed by atoms with Gasteiger partial charge in [0.25, 0.3) is 0 Å². The predicted octanol–water partition coefficient (Wildman–Crippen LogP) is 5.34. The first-order chi connectivity index (χ1) is 16.4. The lowest BCUT2D eigenvalue weighted by atomic mass is 10.1. The van der Waals surface area contributed by atoms with E-state index in [9.17, 15) is 9.59 Å². The van der Waals surface area contributed by atoms with E-state index in [1.54, 1.807) is 0 Å². The van der Waals surface area contributed by atoms with Crippen LogP contribution in [0.25, 0.3) is 11.4 Å². The molecule has 0 aliphatic rings. The highest BCUT2D eigenvalue weighted by atomic mass is 32.2. The fraction of sp³-hybridized carbons (Fsp3) is 0.417. The number of aryl methyl sites for hydroxylation is 1. The molecule has 1 aromatic carbocycles. The summed E-state index contributed by atoms with van der Waals surface area (Å²) in [5.74, 6) is 1.03. The fourth-order valence-electron chi connectivity index (χ4n) is 3.28. The molecule has 0 radical (unpaired) electrons. The van der Waals surface area contributed by atoms with E-state index in [0.717, 1.165) is 40.4 Å². The van der Waals surface area contributed by atoms with E-state index in [1.165, 1.54) is 30.2 Å². The number of benzene rings is 1. The van der Waals surface area contributed by atoms with E-state index in [2.05, 4.69) is 22.4 Å². The second kappa shape index (κ2) is 12.0. The molecular weight excluding hydrogens is 472 g/mol. The van der Waals surface area contributed by atoms with Crippen LogP contribution in [-0.2, 0) is 16.1 Å². The molecule has 2 heterocycles. The van der Waals surface area contributed by atoms with Gasteiger partial charge >= 0.3 is 5.97 Å². The van der Waals surface area contributed by atoms with Crippen molar-refractivity contribution in [2.45, 2.75) is 52.2 Å². The molecule has 0 atom stereocenters. The first kappa shape index (κ1) is 25.8. The minimum Gasteiger partial charge on any atom is -0.494 e. The molecule has 0 fully saturated rings. The zero-order chi connectivity index (χ0) is 24.7. The van der Waals surface area contributed by atoms with Crippen LogP contribution >= 0.6 is 23.1 Å². The summed E-state index contributed by atoms with van der Waals surface area (Å²) >= 11 is 2.67. The highest BCUT2D eigenvalue weighted by molar-refractivity contribution is 7.99. The number of carbonyl (C=O) groups is 2. The second-order valence-corrected chi connectivity index (χ2v) is 9.76. The van der Waals surface area contributed by atoms with Gasteiger partial charge in [0.15, 0.2) is 11.0 Å². The van der Waals surface area contributed by atoms with Crippen molar-refractivity contribution in [1.82, 2.24) is 14.8 Å². The van der Waals surface area contributed by atoms with Crippen LogP contribution in [0.2, 0.25) is 0 Å². The lowest BCUT2D eigenvalue weighted by Crippen LogP contribution is -2.16. The molecule has 3 aromatic rings. The molecule has 182 valence electrons. The third kappa shape index (κ3) is 5.98. The first-order valence-corrected chi connectivity index (χ1v) is 13.0. The van der Waals surface area contributed by atoms with Crippen molar-refractivity contribution in [3.8, 4) is 17.1 Å². The van der Waals surface area contributed by atoms with Gasteiger partial charge in [-0.25, -0.2) is 4.79 Å². The number of methoxy groups -OCH3 is 1. The SMILES string of the molecule is CCCCOc1ccc(-c2nnc(SCC(=O)Nc3sc(C)c(C)c3C(=O)OC)n2CC)cc1. The topological polar surface area (TPSA) is 95.3 Å². The third-order valence-corrected chi connectivity index (χ3v) is 7.36. The smallest absolute Gasteiger partial charge is 0.341 e. The molecule has 0 bridgehead atoms. The van der Waals surface area contributed by atoms with Crippen molar-refractivity contribution in [3.63, 3.8) is 0 Å². The summed E-state index contributed by atoms with van der Waals surface area (Å²) in [6.45, 7) is 9.27. The number of aromatic nitrogens is 3. The Balaban J connectivity index is 1.67. The molecule has 0 spiro atoms. The van der Waals surface area contributed by atoms with Crippen LogP contribution < -0.4 is 10.1 Å². The van der Waals surface area contributed by atoms with E-state index >= 15 is 0 Å². The molecule has 0 aliphatic carbocycles. The van der Waals surface area contributed by atoms with E-state index in [0.29, 0.717) is 28.9 Å². The molecule has 0 aliphatic heterocycles. The third-order valence-electron chi connectivity index (χ3n) is 5.27. The number of thioether (sulfide) groups is 1. The monoisotopic (exact) mass is 502 g/mol. The molecule has 8 nitrogen and oxygen atoms in total. The summed E-state index contributed by atoms with van der Waals surface area (Å²) in [7, 11) is 1.33. The number of thiophene rings is 1. The number of hydrogen-bond acceptors (Lipinski definition) is 8. The van der Waals surface area contributed by atoms with Gasteiger partial charge in [-0.15, -0.1) is 21.5 Å². The van der Waals surface area contributed by atoms with Gasteiger partial charge in [-0.05, 0) is 57.0 Å². The Morgan fingerprint density at radius 2 is 1.88 bits per heavy atom. The second-order valence-electron chi connectivity index (χ2n) is 7.59. The summed E-state index contributed by atoms with van der Waals surface area (Å²) in [5, 5.41) is 12.7. The number of carbonyl (C=O) groups excluding carboxylic acids is 2. The van der Waals surface area contributed by atoms with Gasteiger partial charge in [0, 0.05) is 17.0 Å². The van der Waals surface area contributed by atoms with Gasteiger partial charge in [-0.3, -0.25) is 4.79 Å². The zero-order valence-corrected chi connectivity index (χ0v) is 21.8. The molecule has 3 rings (SSSR count). The predicted molar refractivity (Wildman–Crippen MR) is 136 cm³/mol. The van der Waals surface area contributed by atoms with E-state index < -0.39 is 5.97 Å². The number of nitrogens with zero attached hydrogens (tertiary/aromatic N) is 3. The largest absolute Gasteiger partial charge is 0.494 e. The first-order valence-electron chi connectivity index (χ1n) is 11.2. The van der Waals surface area contributed by atoms with E-state index in [1.807, 2.05) is 49.6 Å². The number of anilines is 1. The van der Waals surface area contributed by atoms with Crippen LogP contribution in [0.4, 0.5) is 5.00 Å². The molecule has 2 aromatic heterocycles. The van der Waals surface area contributed by atoms with Crippen LogP contribution in [0, 0.1) is 13.8 Å². The van der Waals surface area contributed by atoms with Crippen LogP contribution in [-0.4, -0.2) is 46.1 Å². The van der Waals surface area contributed by atoms with E-state index in [-0.39, 0.29) is 11.7 Å². The molecule has 10 heteroatoms. The number of amides is 1. The number of rotatable bonds is 11. The van der Waals surface area contributed by atoms with Crippen molar-refractivity contribution < 1.29 is 19.1 Å². The standard InChI is InChI=1S/C24H30N4O4S2/c1-6-8-13-32-18-11-9-17(10-12-18)21-26-27-24(28(21)7-2)33-14-19(29)25-22-20(23(30)31-5)15(3)16(4)34-22/h9-12H,6-8,13-14H2,1-5H3,(H,25,29). The molecule has 1 N–H and O–H groups in total. The maximum absolute atomic E-state index is 12.6. The molecule has 34 heavy (non-hydrogen) atoms. The van der Waals surface area contributed by atoms with Gasteiger partial charge in [0.2, 0.25) is 5.91 Å². The van der Waals surface area contributed by atoms with Crippen molar-refractivity contribution in [1.29, 1.82) is 0 Å². The minimum absolute atomic E-state index is 0.138. The number of ether oxygens (including phenoxy) is 2. The Bertz CT molecular complexity index is 1140. The zero-order valence-electron chi connectivity index (χ0n) is 20.1. The lowest BCUT2D eigenvalue weighted by molar-refractivity contribution is -0.113. The fourth-order valence-corrected chi connectivity index (χ4v) is 5.15. The Hall–Kier alpha value is -2.85. The quantitative estimate of drug-likeness (QED) is 0.215. The average Bonchev–Trinajstić information content (AvgIpc) is 3.37. The summed E-state index contributed by atoms with van der Waals surface area (Å²) < 4.78 is 12.6. The average molecular weight is 503 g/mol. The summed E-state index contributed by atoms with van der Waals surface area (Å²) in [6.07, 6.45) is 2.12. The van der Waals surface area contributed by atoms with Gasteiger partial charge < -0.3 is 19.4 Å². The van der Waals surface area contributed by atoms with Crippen molar-refractivity contribution in [3.05, 3.63) is 40.3 Å². The van der Waals surface area contributed by atoms with Crippen LogP contribution in [0.3, 0.4) is 0 Å². The maximum atomic E-state index is 12.6. The number of unbranched alkanes of at least 4 members (excludes halogenated alkanes) is 1. The summed E-state index contributed by atoms with van der Waals surface area (Å²) in [6, 6.07) is 7.80. The highest BCUT2D eigenvalue weighted by Gasteiger charge is 2.22. The molecular formula is C24H30N4O4S2. The molecule has 0 saturated carbocycles. The van der Waals surface area contributed by atoms with Crippen molar-refractivity contribution >= 4 is 40.0 Å². The molecule has 0 unspecified atom stereocenters. The minimum atomic E-state index is -0.457. The maximum Gasteiger partial charge on any atom is 0.341 e. The molecule has 1 amide bonds. The highest BCUT2D eigenvalue weighted by Crippen LogP contribution is 2.33. The van der Waals surface area contributed by atoms with Gasteiger partial charge in [0.1, 0.15) is 10.8 Å². The lowest BCUT2D eigenvalue weighted by Gasteiger charge is -2.09. The number of nitrogens with one attached hydrogen (secondary N) is 1. The van der Waals surface area contributed by atoms with Crippen molar-refractivity contribution in [2.24, 2.45) is 0 Å². The van der Waals surface area contributed by atoms with Crippen LogP contribution in [0.5, 0.6) is 5.75 Å². The molecule has 0 saturated heterocycles. The van der Waals surface area contributed by atoms with Crippen LogP contribution in [0.15, 0.2) is 29.4 Å². The van der Waals surface area contributed by atoms with Gasteiger partial charge in [0.05, 0.1) is 25.0 Å². The number of hydrogen-bond donors (Lipinski definition) is 1. The van der Waals surface area contributed by atoms with Gasteiger partial charge in [-0.1, -0.05) is 25.1 Å².